The number of carbonyl (C=O) groups is 1. The number of hydrogen-bond acceptors (Lipinski definition) is 2. The van der Waals surface area contributed by atoms with Crippen molar-refractivity contribution in [1.29, 1.82) is 5.26 Å². The van der Waals surface area contributed by atoms with E-state index in [4.69, 9.17) is 5.26 Å². The molecule has 0 aliphatic heterocycles. The molecule has 0 aliphatic rings. The van der Waals surface area contributed by atoms with E-state index in [1.165, 1.54) is 0 Å². The highest BCUT2D eigenvalue weighted by Crippen LogP contribution is 2.29. The van der Waals surface area contributed by atoms with Gasteiger partial charge in [0.1, 0.15) is 0 Å². The maximum absolute atomic E-state index is 12.5. The number of nitriles is 1. The number of hydrogen-bond donors (Lipinski definition) is 0. The topological polar surface area (TPSA) is 45.8 Å². The number of Topliss-reactive ketones (excluding diaryl/α,β-unsaturated/α-hetero) is 1. The van der Waals surface area contributed by atoms with E-state index < -0.39 is 5.41 Å². The molecular formula is C16H18N2O. The van der Waals surface area contributed by atoms with Crippen molar-refractivity contribution >= 4 is 16.7 Å². The van der Waals surface area contributed by atoms with Gasteiger partial charge in [0, 0.05) is 34.6 Å². The van der Waals surface area contributed by atoms with Crippen LogP contribution >= 0.6 is 0 Å². The molecule has 0 spiro atoms. The third kappa shape index (κ3) is 2.26. The molecule has 3 heteroatoms. The maximum Gasteiger partial charge on any atom is 0.170 e. The lowest BCUT2D eigenvalue weighted by Gasteiger charge is -2.15. The Bertz CT molecular complexity index is 681. The van der Waals surface area contributed by atoms with Gasteiger partial charge in [0.15, 0.2) is 5.78 Å². The maximum atomic E-state index is 12.5. The first-order chi connectivity index (χ1) is 8.88. The first-order valence-electron chi connectivity index (χ1n) is 6.46. The lowest BCUT2D eigenvalue weighted by molar-refractivity contribution is 0.0860. The Morgan fingerprint density at radius 2 is 2.05 bits per heavy atom. The van der Waals surface area contributed by atoms with Gasteiger partial charge in [-0.1, -0.05) is 20.8 Å². The third-order valence-corrected chi connectivity index (χ3v) is 3.28. The molecule has 19 heavy (non-hydrogen) atoms. The molecule has 0 fully saturated rings. The van der Waals surface area contributed by atoms with Gasteiger partial charge in [-0.15, -0.1) is 0 Å². The number of fused-ring (bicyclic) bond motifs is 1. The number of nitrogens with zero attached hydrogens (tertiary/aromatic N) is 2. The molecule has 0 N–H and O–H groups in total. The lowest BCUT2D eigenvalue weighted by Crippen LogP contribution is -2.19. The molecular weight excluding hydrogens is 236 g/mol. The van der Waals surface area contributed by atoms with E-state index in [1.54, 1.807) is 12.1 Å². The predicted octanol–water partition coefficient (Wildman–Crippen LogP) is 3.76. The van der Waals surface area contributed by atoms with Gasteiger partial charge in [0.2, 0.25) is 0 Å². The predicted molar refractivity (Wildman–Crippen MR) is 76.1 cm³/mol. The average molecular weight is 254 g/mol. The molecule has 0 saturated carbocycles. The van der Waals surface area contributed by atoms with Crippen molar-refractivity contribution < 1.29 is 4.79 Å². The molecule has 1 aromatic heterocycles. The average Bonchev–Trinajstić information content (AvgIpc) is 2.74. The first-order valence-corrected chi connectivity index (χ1v) is 6.46. The third-order valence-electron chi connectivity index (χ3n) is 3.28. The zero-order valence-corrected chi connectivity index (χ0v) is 11.8. The fourth-order valence-corrected chi connectivity index (χ4v) is 2.21. The van der Waals surface area contributed by atoms with Crippen molar-refractivity contribution in [2.45, 2.75) is 34.2 Å². The van der Waals surface area contributed by atoms with Gasteiger partial charge in [-0.25, -0.2) is 0 Å². The van der Waals surface area contributed by atoms with E-state index in [-0.39, 0.29) is 5.78 Å². The number of ketones is 1. The van der Waals surface area contributed by atoms with Crippen LogP contribution in [0.3, 0.4) is 0 Å². The van der Waals surface area contributed by atoms with E-state index >= 15 is 0 Å². The highest BCUT2D eigenvalue weighted by Gasteiger charge is 2.26. The van der Waals surface area contributed by atoms with Crippen LogP contribution in [0, 0.1) is 16.7 Å². The molecule has 0 radical (unpaired) electrons. The van der Waals surface area contributed by atoms with E-state index in [2.05, 4.69) is 10.6 Å². The van der Waals surface area contributed by atoms with Crippen LogP contribution in [0.4, 0.5) is 0 Å². The Morgan fingerprint density at radius 1 is 1.37 bits per heavy atom. The molecule has 1 heterocycles. The zero-order valence-electron chi connectivity index (χ0n) is 11.8. The van der Waals surface area contributed by atoms with Gasteiger partial charge in [-0.3, -0.25) is 4.79 Å². The van der Waals surface area contributed by atoms with E-state index in [1.807, 2.05) is 40.0 Å². The first kappa shape index (κ1) is 13.4. The second-order valence-electron chi connectivity index (χ2n) is 5.75. The summed E-state index contributed by atoms with van der Waals surface area (Å²) in [6.07, 6.45) is 1.90. The smallest absolute Gasteiger partial charge is 0.170 e. The van der Waals surface area contributed by atoms with Gasteiger partial charge in [-0.05, 0) is 25.1 Å². The number of aromatic nitrogens is 1. The molecule has 2 rings (SSSR count). The van der Waals surface area contributed by atoms with Crippen LogP contribution in [-0.4, -0.2) is 10.4 Å². The van der Waals surface area contributed by atoms with Crippen molar-refractivity contribution in [3.63, 3.8) is 0 Å². The van der Waals surface area contributed by atoms with Crippen LogP contribution in [0.2, 0.25) is 0 Å². The van der Waals surface area contributed by atoms with Crippen molar-refractivity contribution in [3.05, 3.63) is 35.5 Å². The lowest BCUT2D eigenvalue weighted by atomic mass is 9.86. The van der Waals surface area contributed by atoms with Crippen LogP contribution in [0.5, 0.6) is 0 Å². The van der Waals surface area contributed by atoms with Crippen molar-refractivity contribution in [2.24, 2.45) is 5.41 Å². The molecule has 0 saturated heterocycles. The quantitative estimate of drug-likeness (QED) is 0.766. The Kier molecular flexibility index (Phi) is 3.20. The van der Waals surface area contributed by atoms with Crippen molar-refractivity contribution in [3.8, 4) is 6.07 Å². The standard InChI is InChI=1S/C16H18N2O/c1-5-18-10-13(15(19)16(2,3)4)12-8-11(9-17)6-7-14(12)18/h6-8,10H,5H2,1-4H3. The van der Waals surface area contributed by atoms with Crippen LogP contribution in [0.25, 0.3) is 10.9 Å². The second kappa shape index (κ2) is 4.55. The summed E-state index contributed by atoms with van der Waals surface area (Å²) in [5, 5.41) is 9.88. The van der Waals surface area contributed by atoms with E-state index in [9.17, 15) is 4.79 Å². The zero-order chi connectivity index (χ0) is 14.2. The summed E-state index contributed by atoms with van der Waals surface area (Å²) in [6.45, 7) is 8.60. The van der Waals surface area contributed by atoms with Gasteiger partial charge in [0.05, 0.1) is 11.6 Å². The Hall–Kier alpha value is -2.08. The summed E-state index contributed by atoms with van der Waals surface area (Å²) >= 11 is 0. The molecule has 1 aromatic carbocycles. The second-order valence-corrected chi connectivity index (χ2v) is 5.75. The van der Waals surface area contributed by atoms with Crippen molar-refractivity contribution in [1.82, 2.24) is 4.57 Å². The number of aryl methyl sites for hydroxylation is 1. The summed E-state index contributed by atoms with van der Waals surface area (Å²) in [7, 11) is 0. The highest BCUT2D eigenvalue weighted by atomic mass is 16.1. The minimum absolute atomic E-state index is 0.111. The summed E-state index contributed by atoms with van der Waals surface area (Å²) in [5.41, 5.74) is 1.88. The fraction of sp³-hybridized carbons (Fsp3) is 0.375. The minimum atomic E-state index is -0.421. The van der Waals surface area contributed by atoms with Gasteiger partial charge < -0.3 is 4.57 Å². The van der Waals surface area contributed by atoms with Gasteiger partial charge in [0.25, 0.3) is 0 Å². The Morgan fingerprint density at radius 3 is 2.58 bits per heavy atom. The molecule has 0 amide bonds. The molecule has 0 aliphatic carbocycles. The SMILES string of the molecule is CCn1cc(C(=O)C(C)(C)C)c2cc(C#N)ccc21. The van der Waals surface area contributed by atoms with Gasteiger partial charge in [-0.2, -0.15) is 5.26 Å². The fourth-order valence-electron chi connectivity index (χ4n) is 2.21. The van der Waals surface area contributed by atoms with Crippen LogP contribution < -0.4 is 0 Å². The summed E-state index contributed by atoms with van der Waals surface area (Å²) < 4.78 is 2.05. The largest absolute Gasteiger partial charge is 0.347 e. The minimum Gasteiger partial charge on any atom is -0.347 e. The molecule has 0 unspecified atom stereocenters. The van der Waals surface area contributed by atoms with Crippen LogP contribution in [0.15, 0.2) is 24.4 Å². The molecule has 3 nitrogen and oxygen atoms in total. The summed E-state index contributed by atoms with van der Waals surface area (Å²) in [5.74, 6) is 0.111. The van der Waals surface area contributed by atoms with Crippen molar-refractivity contribution in [2.75, 3.05) is 0 Å². The van der Waals surface area contributed by atoms with Crippen LogP contribution in [0.1, 0.15) is 43.6 Å². The number of benzene rings is 1. The Labute approximate surface area is 113 Å². The van der Waals surface area contributed by atoms with E-state index in [0.29, 0.717) is 11.1 Å². The molecule has 0 bridgehead atoms. The van der Waals surface area contributed by atoms with Gasteiger partial charge >= 0.3 is 0 Å². The highest BCUT2D eigenvalue weighted by molar-refractivity contribution is 6.10. The number of carbonyl (C=O) groups excluding carboxylic acids is 1. The van der Waals surface area contributed by atoms with Crippen LogP contribution in [-0.2, 0) is 6.54 Å². The summed E-state index contributed by atoms with van der Waals surface area (Å²) in [4.78, 5) is 12.5. The molecule has 98 valence electrons. The normalized spacial score (nSPS) is 11.5. The molecule has 2 aromatic rings. The van der Waals surface area contributed by atoms with E-state index in [0.717, 1.165) is 17.4 Å². The Balaban J connectivity index is 2.74. The molecule has 0 atom stereocenters. The monoisotopic (exact) mass is 254 g/mol. The summed E-state index contributed by atoms with van der Waals surface area (Å²) in [6, 6.07) is 7.64. The number of rotatable bonds is 2.